The molecule has 1 heterocycles. The summed E-state index contributed by atoms with van der Waals surface area (Å²) in [6, 6.07) is 3.81. The largest absolute Gasteiger partial charge is 0.510 e. The van der Waals surface area contributed by atoms with Crippen LogP contribution in [0.2, 0.25) is 0 Å². The number of carbonyl (C=O) groups excluding carboxylic acids is 3. The number of amides is 1. The Bertz CT molecular complexity index is 1620. The van der Waals surface area contributed by atoms with Crippen LogP contribution in [0.5, 0.6) is 5.75 Å². The Balaban J connectivity index is 1.72. The van der Waals surface area contributed by atoms with Crippen molar-refractivity contribution >= 4 is 29.4 Å². The van der Waals surface area contributed by atoms with Crippen molar-refractivity contribution in [3.8, 4) is 17.1 Å². The Labute approximate surface area is 240 Å². The molecule has 1 unspecified atom stereocenters. The average Bonchev–Trinajstić information content (AvgIpc) is 3.37. The summed E-state index contributed by atoms with van der Waals surface area (Å²) in [4.78, 5) is 47.8. The van der Waals surface area contributed by atoms with Crippen molar-refractivity contribution in [2.24, 2.45) is 22.7 Å². The molecule has 5 rings (SSSR count). The highest BCUT2D eigenvalue weighted by Crippen LogP contribution is 2.54. The lowest BCUT2D eigenvalue weighted by atomic mass is 9.58. The van der Waals surface area contributed by atoms with Crippen molar-refractivity contribution in [2.45, 2.75) is 24.5 Å². The number of nitrogens with two attached hydrogens (primary N) is 1. The third-order valence-corrected chi connectivity index (χ3v) is 8.36. The van der Waals surface area contributed by atoms with E-state index in [0.717, 1.165) is 0 Å². The molecule has 0 bridgehead atoms. The number of phenolic OH excluding ortho intramolecular Hbond substituents is 1. The first-order valence-corrected chi connectivity index (χ1v) is 13.1. The molecular weight excluding hydrogens is 548 g/mol. The maximum atomic E-state index is 14.2. The molecule has 42 heavy (non-hydrogen) atoms. The monoisotopic (exact) mass is 580 g/mol. The number of primary amides is 1. The van der Waals surface area contributed by atoms with Crippen LogP contribution in [-0.2, 0) is 20.8 Å². The minimum Gasteiger partial charge on any atom is -0.510 e. The van der Waals surface area contributed by atoms with Gasteiger partial charge in [0.05, 0.1) is 17.2 Å². The number of anilines is 1. The number of ketones is 2. The van der Waals surface area contributed by atoms with Crippen LogP contribution in [0, 0.1) is 11.8 Å². The van der Waals surface area contributed by atoms with Gasteiger partial charge in [0.2, 0.25) is 5.78 Å². The van der Waals surface area contributed by atoms with Crippen LogP contribution in [0.3, 0.4) is 0 Å². The van der Waals surface area contributed by atoms with E-state index in [1.165, 1.54) is 18.2 Å². The van der Waals surface area contributed by atoms with E-state index in [-0.39, 0.29) is 35.3 Å². The second kappa shape index (κ2) is 10.0. The number of aromatic hydroxyl groups is 1. The molecule has 222 valence electrons. The van der Waals surface area contributed by atoms with Gasteiger partial charge in [-0.3, -0.25) is 19.3 Å². The number of allylic oxidation sites excluding steroid dienone is 1. The lowest BCUT2D eigenvalue weighted by Gasteiger charge is -2.50. The van der Waals surface area contributed by atoms with Crippen molar-refractivity contribution in [2.75, 3.05) is 40.2 Å². The Hall–Kier alpha value is -4.62. The Morgan fingerprint density at radius 2 is 1.88 bits per heavy atom. The van der Waals surface area contributed by atoms with Crippen LogP contribution in [-0.4, -0.2) is 96.0 Å². The van der Waals surface area contributed by atoms with Crippen LogP contribution in [0.1, 0.15) is 28.1 Å². The smallest absolute Gasteiger partial charge is 0.255 e. The van der Waals surface area contributed by atoms with Gasteiger partial charge in [-0.15, -0.1) is 0 Å². The number of likely N-dealkylation sites (N-methyl/N-ethyl adjacent to an activating group) is 1. The van der Waals surface area contributed by atoms with E-state index in [4.69, 9.17) is 10.2 Å². The Kier molecular flexibility index (Phi) is 6.90. The number of carbonyl (C=O) groups is 3. The number of fused-ring (bicyclic) bond motifs is 3. The summed E-state index contributed by atoms with van der Waals surface area (Å²) in [6.07, 6.45) is 1.50. The molecule has 0 radical (unpaired) electrons. The van der Waals surface area contributed by atoms with Gasteiger partial charge in [-0.05, 0) is 56.6 Å². The quantitative estimate of drug-likeness (QED) is 0.188. The van der Waals surface area contributed by atoms with Gasteiger partial charge in [-0.1, -0.05) is 5.16 Å². The number of aliphatic hydroxyl groups is 3. The van der Waals surface area contributed by atoms with E-state index in [1.54, 1.807) is 51.3 Å². The second-order valence-electron chi connectivity index (χ2n) is 11.1. The molecule has 1 aromatic heterocycles. The van der Waals surface area contributed by atoms with Gasteiger partial charge in [-0.2, -0.15) is 0 Å². The highest BCUT2D eigenvalue weighted by molar-refractivity contribution is 6.25. The Morgan fingerprint density at radius 3 is 2.48 bits per heavy atom. The molecule has 0 aliphatic heterocycles. The fraction of sp³-hybridized carbons (Fsp3) is 0.379. The van der Waals surface area contributed by atoms with Crippen molar-refractivity contribution < 1.29 is 44.1 Å². The number of nitrogens with zero attached hydrogens (tertiary/aromatic N) is 3. The topological polar surface area (TPSA) is 199 Å². The van der Waals surface area contributed by atoms with Crippen molar-refractivity contribution in [1.82, 2.24) is 4.90 Å². The van der Waals surface area contributed by atoms with E-state index < -0.39 is 63.8 Å². The summed E-state index contributed by atoms with van der Waals surface area (Å²) in [6.45, 7) is 0. The molecule has 0 saturated carbocycles. The molecule has 0 spiro atoms. The van der Waals surface area contributed by atoms with Crippen molar-refractivity contribution in [1.29, 1.82) is 0 Å². The van der Waals surface area contributed by atoms with Crippen molar-refractivity contribution in [3.05, 3.63) is 57.8 Å². The summed E-state index contributed by atoms with van der Waals surface area (Å²) in [5.74, 6) is -6.51. The molecule has 0 saturated heterocycles. The standard InChI is InChI=1S/C29H32N4O9/c1-32(2)17-10-15(18-7-6-13(42-18)11-31-41-5)23(34)20-14(17)8-12-9-16-22(33(3)4)25(36)21(28(30)39)27(38)29(16,40)26(37)19(12)24(20)35/h6-7,10-12,16,22,34,36-37,40H,8-9H2,1-5H3,(H2,30,39)/b31-11+/t12-,16-,22?,29-/m1/s1. The summed E-state index contributed by atoms with van der Waals surface area (Å²) in [5.41, 5.74) is 2.79. The average molecular weight is 581 g/mol. The number of furan rings is 1. The molecule has 13 nitrogen and oxygen atoms in total. The molecule has 1 aromatic carbocycles. The van der Waals surface area contributed by atoms with Gasteiger partial charge in [-0.25, -0.2) is 0 Å². The number of phenols is 1. The predicted octanol–water partition coefficient (Wildman–Crippen LogP) is 1.43. The first-order valence-electron chi connectivity index (χ1n) is 13.1. The maximum Gasteiger partial charge on any atom is 0.255 e. The zero-order chi connectivity index (χ0) is 30.8. The first-order chi connectivity index (χ1) is 19.7. The third kappa shape index (κ3) is 3.99. The molecule has 0 fully saturated rings. The van der Waals surface area contributed by atoms with E-state index in [9.17, 15) is 34.8 Å². The van der Waals surface area contributed by atoms with E-state index in [2.05, 4.69) is 9.99 Å². The zero-order valence-electron chi connectivity index (χ0n) is 23.7. The molecule has 3 aliphatic rings. The maximum absolute atomic E-state index is 14.2. The highest BCUT2D eigenvalue weighted by atomic mass is 16.6. The lowest BCUT2D eigenvalue weighted by molar-refractivity contribution is -0.148. The second-order valence-corrected chi connectivity index (χ2v) is 11.1. The minimum absolute atomic E-state index is 0.00151. The Morgan fingerprint density at radius 1 is 1.19 bits per heavy atom. The molecule has 13 heteroatoms. The lowest BCUT2D eigenvalue weighted by Crippen LogP contribution is -2.63. The van der Waals surface area contributed by atoms with Gasteiger partial charge >= 0.3 is 0 Å². The van der Waals surface area contributed by atoms with Gasteiger partial charge in [0.15, 0.2) is 11.4 Å². The normalized spacial score (nSPS) is 25.5. The van der Waals surface area contributed by atoms with Gasteiger partial charge < -0.3 is 40.3 Å². The van der Waals surface area contributed by atoms with E-state index >= 15 is 0 Å². The fourth-order valence-corrected chi connectivity index (χ4v) is 6.56. The number of oxime groups is 1. The summed E-state index contributed by atoms with van der Waals surface area (Å²) in [7, 11) is 8.09. The molecule has 2 aromatic rings. The summed E-state index contributed by atoms with van der Waals surface area (Å²) in [5, 5.41) is 49.3. The van der Waals surface area contributed by atoms with Crippen LogP contribution < -0.4 is 10.6 Å². The fourth-order valence-electron chi connectivity index (χ4n) is 6.56. The first kappa shape index (κ1) is 28.9. The summed E-state index contributed by atoms with van der Waals surface area (Å²) < 4.78 is 5.78. The summed E-state index contributed by atoms with van der Waals surface area (Å²) >= 11 is 0. The molecular formula is C29H32N4O9. The van der Waals surface area contributed by atoms with E-state index in [0.29, 0.717) is 17.0 Å². The predicted molar refractivity (Wildman–Crippen MR) is 150 cm³/mol. The molecule has 1 amide bonds. The molecule has 6 N–H and O–H groups in total. The van der Waals surface area contributed by atoms with Gasteiger partial charge in [0, 0.05) is 31.3 Å². The molecule has 3 aliphatic carbocycles. The van der Waals surface area contributed by atoms with Crippen LogP contribution in [0.4, 0.5) is 5.69 Å². The number of hydrogen-bond acceptors (Lipinski definition) is 12. The van der Waals surface area contributed by atoms with Crippen LogP contribution in [0.25, 0.3) is 11.3 Å². The third-order valence-electron chi connectivity index (χ3n) is 8.36. The number of benzene rings is 1. The van der Waals surface area contributed by atoms with Crippen molar-refractivity contribution in [3.63, 3.8) is 0 Å². The number of Topliss-reactive ketones (excluding diaryl/α,β-unsaturated/α-hetero) is 2. The molecule has 4 atom stereocenters. The van der Waals surface area contributed by atoms with Crippen LogP contribution in [0.15, 0.2) is 50.4 Å². The number of rotatable bonds is 6. The minimum atomic E-state index is -2.71. The van der Waals surface area contributed by atoms with Gasteiger partial charge in [0.1, 0.15) is 47.7 Å². The van der Waals surface area contributed by atoms with Gasteiger partial charge in [0.25, 0.3) is 5.91 Å². The number of aliphatic hydroxyl groups excluding tert-OH is 2. The van der Waals surface area contributed by atoms with E-state index in [1.807, 2.05) is 0 Å². The zero-order valence-corrected chi connectivity index (χ0v) is 23.7. The number of hydrogen-bond donors (Lipinski definition) is 5. The van der Waals surface area contributed by atoms with Crippen LogP contribution >= 0.6 is 0 Å². The highest BCUT2D eigenvalue weighted by Gasteiger charge is 2.63. The SMILES string of the molecule is CO/N=C/c1ccc(-c2cc(N(C)C)c3c(c2O)C(=O)C2=C(O)[C@@]4(O)C(=O)C(C(N)=O)=C(O)C(N(C)C)[C@H]4C[C@H]2C3)o1.